The van der Waals surface area contributed by atoms with Crippen LogP contribution in [0.25, 0.3) is 0 Å². The van der Waals surface area contributed by atoms with E-state index in [0.29, 0.717) is 10.5 Å². The molecule has 1 unspecified atom stereocenters. The highest BCUT2D eigenvalue weighted by molar-refractivity contribution is 7.53. The predicted octanol–water partition coefficient (Wildman–Crippen LogP) is 0.0589. The van der Waals surface area contributed by atoms with Crippen molar-refractivity contribution in [3.63, 3.8) is 0 Å². The highest BCUT2D eigenvalue weighted by atomic mass is 31.2. The maximum absolute atomic E-state index is 11.8. The lowest BCUT2D eigenvalue weighted by molar-refractivity contribution is -0.147. The van der Waals surface area contributed by atoms with Gasteiger partial charge in [-0.25, -0.2) is 4.79 Å². The number of likely N-dealkylation sites (N-methyl/N-ethyl adjacent to an activating group) is 1. The lowest BCUT2D eigenvalue weighted by Crippen LogP contribution is -2.46. The SMILES string of the molecule is CN(C(=N)N)C(C(=O)OCc1ccccc1)P(=O)(O)O. The molecule has 0 saturated carbocycles. The number of nitrogens with one attached hydrogen (secondary N) is 1. The van der Waals surface area contributed by atoms with Crippen LogP contribution in [0.5, 0.6) is 0 Å². The van der Waals surface area contributed by atoms with Crippen molar-refractivity contribution in [2.75, 3.05) is 7.05 Å². The Kier molecular flexibility index (Phi) is 5.26. The molecule has 0 aliphatic rings. The molecule has 20 heavy (non-hydrogen) atoms. The van der Waals surface area contributed by atoms with Crippen LogP contribution in [-0.2, 0) is 20.7 Å². The first-order chi connectivity index (χ1) is 9.23. The van der Waals surface area contributed by atoms with E-state index in [2.05, 4.69) is 0 Å². The molecule has 1 aromatic carbocycles. The summed E-state index contributed by atoms with van der Waals surface area (Å²) in [5.74, 6) is -3.71. The summed E-state index contributed by atoms with van der Waals surface area (Å²) in [5, 5.41) is 7.15. The Morgan fingerprint density at radius 1 is 1.45 bits per heavy atom. The standard InChI is InChI=1S/C11H16N3O5P/c1-14(11(12)13)9(20(16,17)18)10(15)19-7-8-5-3-2-4-6-8/h2-6,9H,7H2,1H3,(H3,12,13)(H2,16,17,18). The van der Waals surface area contributed by atoms with Gasteiger partial charge in [0, 0.05) is 7.05 Å². The van der Waals surface area contributed by atoms with Crippen LogP contribution in [0.15, 0.2) is 30.3 Å². The molecule has 0 bridgehead atoms. The van der Waals surface area contributed by atoms with Crippen molar-refractivity contribution in [2.45, 2.75) is 12.4 Å². The molecule has 1 rings (SSSR count). The molecular weight excluding hydrogens is 285 g/mol. The Balaban J connectivity index is 2.80. The number of benzene rings is 1. The highest BCUT2D eigenvalue weighted by Gasteiger charge is 2.41. The van der Waals surface area contributed by atoms with Crippen molar-refractivity contribution >= 4 is 19.5 Å². The van der Waals surface area contributed by atoms with Gasteiger partial charge < -0.3 is 25.2 Å². The molecule has 0 aromatic heterocycles. The number of guanidine groups is 1. The molecule has 0 radical (unpaired) electrons. The fraction of sp³-hybridized carbons (Fsp3) is 0.273. The van der Waals surface area contributed by atoms with Crippen molar-refractivity contribution in [3.8, 4) is 0 Å². The first kappa shape index (κ1) is 16.2. The molecule has 0 aliphatic heterocycles. The van der Waals surface area contributed by atoms with E-state index in [1.807, 2.05) is 0 Å². The van der Waals surface area contributed by atoms with E-state index in [0.717, 1.165) is 7.05 Å². The Bertz CT molecular complexity index is 530. The number of hydrogen-bond acceptors (Lipinski definition) is 4. The highest BCUT2D eigenvalue weighted by Crippen LogP contribution is 2.43. The van der Waals surface area contributed by atoms with Gasteiger partial charge in [0.25, 0.3) is 0 Å². The first-order valence-electron chi connectivity index (χ1n) is 5.56. The van der Waals surface area contributed by atoms with Crippen LogP contribution < -0.4 is 5.73 Å². The minimum atomic E-state index is -4.83. The lowest BCUT2D eigenvalue weighted by Gasteiger charge is -2.26. The Morgan fingerprint density at radius 3 is 2.45 bits per heavy atom. The van der Waals surface area contributed by atoms with Crippen molar-refractivity contribution < 1.29 is 23.9 Å². The maximum Gasteiger partial charge on any atom is 0.359 e. The summed E-state index contributed by atoms with van der Waals surface area (Å²) < 4.78 is 16.2. The van der Waals surface area contributed by atoms with E-state index < -0.39 is 25.3 Å². The summed E-state index contributed by atoms with van der Waals surface area (Å²) >= 11 is 0. The zero-order chi connectivity index (χ0) is 15.3. The van der Waals surface area contributed by atoms with E-state index >= 15 is 0 Å². The van der Waals surface area contributed by atoms with Crippen LogP contribution in [-0.4, -0.2) is 39.4 Å². The molecule has 5 N–H and O–H groups in total. The van der Waals surface area contributed by atoms with Crippen molar-refractivity contribution in [1.29, 1.82) is 5.41 Å². The minimum absolute atomic E-state index is 0.123. The van der Waals surface area contributed by atoms with Gasteiger partial charge in [0.05, 0.1) is 0 Å². The zero-order valence-corrected chi connectivity index (χ0v) is 11.7. The molecule has 8 nitrogen and oxygen atoms in total. The quantitative estimate of drug-likeness (QED) is 0.261. The largest absolute Gasteiger partial charge is 0.459 e. The summed E-state index contributed by atoms with van der Waals surface area (Å²) in [7, 11) is -3.70. The van der Waals surface area contributed by atoms with Gasteiger partial charge in [-0.05, 0) is 5.56 Å². The summed E-state index contributed by atoms with van der Waals surface area (Å²) in [4.78, 5) is 30.8. The van der Waals surface area contributed by atoms with E-state index in [1.165, 1.54) is 0 Å². The Labute approximate surface area is 115 Å². The van der Waals surface area contributed by atoms with E-state index in [4.69, 9.17) is 15.9 Å². The van der Waals surface area contributed by atoms with Gasteiger partial charge in [0.15, 0.2) is 5.96 Å². The van der Waals surface area contributed by atoms with Gasteiger partial charge in [-0.15, -0.1) is 0 Å². The number of carbonyl (C=O) groups excluding carboxylic acids is 1. The van der Waals surface area contributed by atoms with Gasteiger partial charge >= 0.3 is 13.6 Å². The molecule has 0 fully saturated rings. The number of esters is 1. The number of rotatable bonds is 5. The number of nitrogens with zero attached hydrogens (tertiary/aromatic N) is 1. The smallest absolute Gasteiger partial charge is 0.359 e. The molecule has 1 aromatic rings. The summed E-state index contributed by atoms with van der Waals surface area (Å²) in [6.45, 7) is -0.123. The number of hydrogen-bond donors (Lipinski definition) is 4. The second-order valence-electron chi connectivity index (χ2n) is 4.05. The molecular formula is C11H16N3O5P. The van der Waals surface area contributed by atoms with E-state index in [1.54, 1.807) is 30.3 Å². The van der Waals surface area contributed by atoms with Gasteiger partial charge in [0.2, 0.25) is 5.78 Å². The van der Waals surface area contributed by atoms with Gasteiger partial charge in [-0.2, -0.15) is 0 Å². The van der Waals surface area contributed by atoms with Crippen LogP contribution in [0, 0.1) is 5.41 Å². The van der Waals surface area contributed by atoms with E-state index in [9.17, 15) is 19.1 Å². The molecule has 0 heterocycles. The molecule has 0 amide bonds. The zero-order valence-electron chi connectivity index (χ0n) is 10.8. The molecule has 110 valence electrons. The third kappa shape index (κ3) is 4.34. The maximum atomic E-state index is 11.8. The average Bonchev–Trinajstić information content (AvgIpc) is 2.36. The van der Waals surface area contributed by atoms with E-state index in [-0.39, 0.29) is 6.61 Å². The Morgan fingerprint density at radius 2 is 2.00 bits per heavy atom. The van der Waals surface area contributed by atoms with Crippen molar-refractivity contribution in [1.82, 2.24) is 4.90 Å². The van der Waals surface area contributed by atoms with Crippen LogP contribution >= 0.6 is 7.60 Å². The molecule has 0 aliphatic carbocycles. The fourth-order valence-corrected chi connectivity index (χ4v) is 2.38. The summed E-state index contributed by atoms with van der Waals surface area (Å²) in [6, 6.07) is 8.67. The second-order valence-corrected chi connectivity index (χ2v) is 5.72. The van der Waals surface area contributed by atoms with Gasteiger partial charge in [-0.3, -0.25) is 9.97 Å². The first-order valence-corrected chi connectivity index (χ1v) is 7.24. The third-order valence-corrected chi connectivity index (χ3v) is 3.69. The van der Waals surface area contributed by atoms with Crippen LogP contribution in [0.4, 0.5) is 0 Å². The molecule has 1 atom stereocenters. The molecule has 0 saturated heterocycles. The molecule has 9 heteroatoms. The lowest BCUT2D eigenvalue weighted by atomic mass is 10.2. The topological polar surface area (TPSA) is 137 Å². The fourth-order valence-electron chi connectivity index (χ4n) is 1.46. The average molecular weight is 301 g/mol. The normalized spacial score (nSPS) is 12.6. The van der Waals surface area contributed by atoms with Crippen LogP contribution in [0.3, 0.4) is 0 Å². The number of nitrogens with two attached hydrogens (primary N) is 1. The second kappa shape index (κ2) is 6.51. The van der Waals surface area contributed by atoms with Crippen molar-refractivity contribution in [2.24, 2.45) is 5.73 Å². The van der Waals surface area contributed by atoms with Crippen LogP contribution in [0.1, 0.15) is 5.56 Å². The minimum Gasteiger partial charge on any atom is -0.459 e. The third-order valence-electron chi connectivity index (χ3n) is 2.50. The monoisotopic (exact) mass is 301 g/mol. The summed E-state index contributed by atoms with van der Waals surface area (Å²) in [5.41, 5.74) is 5.81. The molecule has 0 spiro atoms. The van der Waals surface area contributed by atoms with Gasteiger partial charge in [-0.1, -0.05) is 30.3 Å². The Hall–Kier alpha value is -1.89. The number of carbonyl (C=O) groups is 1. The van der Waals surface area contributed by atoms with Crippen LogP contribution in [0.2, 0.25) is 0 Å². The van der Waals surface area contributed by atoms with Gasteiger partial charge in [0.1, 0.15) is 6.61 Å². The predicted molar refractivity (Wildman–Crippen MR) is 71.7 cm³/mol. The van der Waals surface area contributed by atoms with Crippen molar-refractivity contribution in [3.05, 3.63) is 35.9 Å². The number of ether oxygens (including phenoxy) is 1. The summed E-state index contributed by atoms with van der Waals surface area (Å²) in [6.07, 6.45) is 0.